The molecule has 1 aliphatic heterocycles. The molecule has 0 saturated carbocycles. The van der Waals surface area contributed by atoms with Gasteiger partial charge in [0.1, 0.15) is 5.75 Å². The number of carboxylic acid groups (broad SMARTS) is 1. The Morgan fingerprint density at radius 3 is 2.04 bits per heavy atom. The Labute approximate surface area is 140 Å². The van der Waals surface area contributed by atoms with Crippen molar-refractivity contribution in [3.63, 3.8) is 0 Å². The number of benzene rings is 1. The summed E-state index contributed by atoms with van der Waals surface area (Å²) in [7, 11) is 0. The first-order chi connectivity index (χ1) is 11.5. The van der Waals surface area contributed by atoms with Crippen LogP contribution < -0.4 is 9.84 Å². The van der Waals surface area contributed by atoms with E-state index in [4.69, 9.17) is 4.74 Å². The van der Waals surface area contributed by atoms with Crippen molar-refractivity contribution < 1.29 is 24.2 Å². The van der Waals surface area contributed by atoms with Crippen LogP contribution in [0.25, 0.3) is 0 Å². The number of piperazine rings is 1. The quantitative estimate of drug-likeness (QED) is 0.705. The predicted molar refractivity (Wildman–Crippen MR) is 84.1 cm³/mol. The fourth-order valence-electron chi connectivity index (χ4n) is 2.44. The van der Waals surface area contributed by atoms with Crippen LogP contribution in [0.15, 0.2) is 24.3 Å². The average molecular weight is 333 g/mol. The van der Waals surface area contributed by atoms with Crippen molar-refractivity contribution in [2.45, 2.75) is 19.8 Å². The first-order valence-corrected chi connectivity index (χ1v) is 7.90. The van der Waals surface area contributed by atoms with Crippen LogP contribution in [-0.4, -0.2) is 60.4 Å². The first kappa shape index (κ1) is 17.8. The lowest BCUT2D eigenvalue weighted by Crippen LogP contribution is -2.51. The Bertz CT molecular complexity index is 592. The van der Waals surface area contributed by atoms with Gasteiger partial charge in [0.05, 0.1) is 0 Å². The number of carbonyl (C=O) groups is 3. The average Bonchev–Trinajstić information content (AvgIpc) is 2.59. The van der Waals surface area contributed by atoms with Crippen molar-refractivity contribution in [2.75, 3.05) is 32.8 Å². The highest BCUT2D eigenvalue weighted by Crippen LogP contribution is 2.12. The molecule has 0 radical (unpaired) electrons. The van der Waals surface area contributed by atoms with E-state index in [0.717, 1.165) is 5.56 Å². The largest absolute Gasteiger partial charge is 0.550 e. The Kier molecular flexibility index (Phi) is 6.17. The van der Waals surface area contributed by atoms with E-state index in [-0.39, 0.29) is 31.3 Å². The molecular formula is C17H21N2O5-. The second kappa shape index (κ2) is 8.33. The van der Waals surface area contributed by atoms with E-state index in [2.05, 4.69) is 0 Å². The van der Waals surface area contributed by atoms with Crippen molar-refractivity contribution in [3.8, 4) is 5.75 Å². The van der Waals surface area contributed by atoms with Crippen LogP contribution in [-0.2, 0) is 14.4 Å². The topological polar surface area (TPSA) is 90.0 Å². The highest BCUT2D eigenvalue weighted by atomic mass is 16.5. The molecule has 1 aliphatic rings. The van der Waals surface area contributed by atoms with Crippen molar-refractivity contribution in [3.05, 3.63) is 29.8 Å². The van der Waals surface area contributed by atoms with Gasteiger partial charge in [0.25, 0.3) is 5.91 Å². The summed E-state index contributed by atoms with van der Waals surface area (Å²) >= 11 is 0. The number of hydrogen-bond acceptors (Lipinski definition) is 5. The monoisotopic (exact) mass is 333 g/mol. The summed E-state index contributed by atoms with van der Waals surface area (Å²) in [6.45, 7) is 3.59. The first-order valence-electron chi connectivity index (χ1n) is 7.90. The van der Waals surface area contributed by atoms with Gasteiger partial charge in [-0.05, 0) is 25.5 Å². The molecule has 0 bridgehead atoms. The number of nitrogens with zero attached hydrogens (tertiary/aromatic N) is 2. The van der Waals surface area contributed by atoms with Crippen molar-refractivity contribution >= 4 is 17.8 Å². The van der Waals surface area contributed by atoms with Crippen LogP contribution in [0.4, 0.5) is 0 Å². The predicted octanol–water partition coefficient (Wildman–Crippen LogP) is -0.425. The summed E-state index contributed by atoms with van der Waals surface area (Å²) in [5.74, 6) is -0.935. The molecule has 0 unspecified atom stereocenters. The molecule has 24 heavy (non-hydrogen) atoms. The normalized spacial score (nSPS) is 14.4. The van der Waals surface area contributed by atoms with Crippen LogP contribution in [0.5, 0.6) is 5.75 Å². The zero-order chi connectivity index (χ0) is 17.5. The van der Waals surface area contributed by atoms with E-state index in [0.29, 0.717) is 31.9 Å². The molecule has 1 aromatic rings. The molecule has 130 valence electrons. The molecule has 1 fully saturated rings. The van der Waals surface area contributed by atoms with Gasteiger partial charge in [-0.2, -0.15) is 0 Å². The third-order valence-corrected chi connectivity index (χ3v) is 3.91. The Morgan fingerprint density at radius 1 is 0.958 bits per heavy atom. The third-order valence-electron chi connectivity index (χ3n) is 3.91. The van der Waals surface area contributed by atoms with E-state index in [9.17, 15) is 19.5 Å². The van der Waals surface area contributed by atoms with Crippen LogP contribution in [0.2, 0.25) is 0 Å². The van der Waals surface area contributed by atoms with E-state index in [1.54, 1.807) is 9.80 Å². The molecule has 7 nitrogen and oxygen atoms in total. The molecule has 0 N–H and O–H groups in total. The summed E-state index contributed by atoms with van der Waals surface area (Å²) in [6, 6.07) is 7.46. The van der Waals surface area contributed by atoms with Gasteiger partial charge in [-0.15, -0.1) is 0 Å². The maximum absolute atomic E-state index is 12.1. The summed E-state index contributed by atoms with van der Waals surface area (Å²) in [4.78, 5) is 37.6. The molecule has 7 heteroatoms. The molecule has 1 heterocycles. The summed E-state index contributed by atoms with van der Waals surface area (Å²) in [5.41, 5.74) is 1.12. The number of aryl methyl sites for hydroxylation is 1. The minimum absolute atomic E-state index is 0.0400. The SMILES string of the molecule is Cc1ccc(OCC(=O)N2CCN(C(=O)CCC(=O)[O-])CC2)cc1. The van der Waals surface area contributed by atoms with E-state index in [1.165, 1.54) is 0 Å². The number of rotatable bonds is 6. The molecule has 0 aromatic heterocycles. The summed E-state index contributed by atoms with van der Waals surface area (Å²) in [5, 5.41) is 10.4. The van der Waals surface area contributed by atoms with Crippen molar-refractivity contribution in [2.24, 2.45) is 0 Å². The maximum atomic E-state index is 12.1. The van der Waals surface area contributed by atoms with Crippen LogP contribution >= 0.6 is 0 Å². The highest BCUT2D eigenvalue weighted by Gasteiger charge is 2.24. The maximum Gasteiger partial charge on any atom is 0.260 e. The van der Waals surface area contributed by atoms with Gasteiger partial charge in [-0.25, -0.2) is 0 Å². The van der Waals surface area contributed by atoms with Crippen LogP contribution in [0.3, 0.4) is 0 Å². The zero-order valence-corrected chi connectivity index (χ0v) is 13.7. The fourth-order valence-corrected chi connectivity index (χ4v) is 2.44. The number of carboxylic acids is 1. The molecule has 0 spiro atoms. The molecule has 1 aromatic carbocycles. The fraction of sp³-hybridized carbons (Fsp3) is 0.471. The lowest BCUT2D eigenvalue weighted by molar-refractivity contribution is -0.305. The second-order valence-electron chi connectivity index (χ2n) is 5.74. The highest BCUT2D eigenvalue weighted by molar-refractivity contribution is 5.81. The van der Waals surface area contributed by atoms with E-state index in [1.807, 2.05) is 31.2 Å². The van der Waals surface area contributed by atoms with Gasteiger partial charge in [-0.3, -0.25) is 9.59 Å². The van der Waals surface area contributed by atoms with Crippen LogP contribution in [0.1, 0.15) is 18.4 Å². The number of carbonyl (C=O) groups excluding carboxylic acids is 3. The van der Waals surface area contributed by atoms with Crippen molar-refractivity contribution in [1.82, 2.24) is 9.80 Å². The van der Waals surface area contributed by atoms with Crippen LogP contribution in [0, 0.1) is 6.92 Å². The summed E-state index contributed by atoms with van der Waals surface area (Å²) in [6.07, 6.45) is -0.338. The Morgan fingerprint density at radius 2 is 1.50 bits per heavy atom. The van der Waals surface area contributed by atoms with Gasteiger partial charge >= 0.3 is 0 Å². The third kappa shape index (κ3) is 5.26. The van der Waals surface area contributed by atoms with Gasteiger partial charge < -0.3 is 24.4 Å². The molecule has 2 amide bonds. The zero-order valence-electron chi connectivity index (χ0n) is 13.7. The molecule has 2 rings (SSSR count). The minimum atomic E-state index is -1.23. The smallest absolute Gasteiger partial charge is 0.260 e. The van der Waals surface area contributed by atoms with E-state index < -0.39 is 5.97 Å². The molecule has 0 aliphatic carbocycles. The number of hydrogen-bond donors (Lipinski definition) is 0. The lowest BCUT2D eigenvalue weighted by atomic mass is 10.2. The second-order valence-corrected chi connectivity index (χ2v) is 5.74. The number of ether oxygens (including phenoxy) is 1. The Balaban J connectivity index is 1.73. The molecule has 1 saturated heterocycles. The van der Waals surface area contributed by atoms with Gasteiger partial charge in [-0.1, -0.05) is 17.7 Å². The Hall–Kier alpha value is -2.57. The number of amides is 2. The molecule has 0 atom stereocenters. The molecular weight excluding hydrogens is 312 g/mol. The van der Waals surface area contributed by atoms with Gasteiger partial charge in [0.15, 0.2) is 6.61 Å². The summed E-state index contributed by atoms with van der Waals surface area (Å²) < 4.78 is 5.47. The standard InChI is InChI=1S/C17H22N2O5/c1-13-2-4-14(5-3-13)24-12-16(21)19-10-8-18(9-11-19)15(20)6-7-17(22)23/h2-5H,6-12H2,1H3,(H,22,23)/p-1. The number of aliphatic carboxylic acids is 1. The van der Waals surface area contributed by atoms with Gasteiger partial charge in [0, 0.05) is 38.6 Å². The lowest BCUT2D eigenvalue weighted by Gasteiger charge is -2.34. The minimum Gasteiger partial charge on any atom is -0.550 e. The van der Waals surface area contributed by atoms with Gasteiger partial charge in [0.2, 0.25) is 5.91 Å². The van der Waals surface area contributed by atoms with Crippen molar-refractivity contribution in [1.29, 1.82) is 0 Å². The van der Waals surface area contributed by atoms with E-state index >= 15 is 0 Å².